The van der Waals surface area contributed by atoms with E-state index in [0.717, 1.165) is 40.2 Å². The van der Waals surface area contributed by atoms with Gasteiger partial charge in [-0.3, -0.25) is 10.1 Å². The number of hydrogen-bond acceptors (Lipinski definition) is 5. The predicted octanol–water partition coefficient (Wildman–Crippen LogP) is 5.30. The molecule has 2 aromatic heterocycles. The molecule has 2 heterocycles. The third-order valence-electron chi connectivity index (χ3n) is 4.50. The Morgan fingerprint density at radius 2 is 1.72 bits per heavy atom. The van der Waals surface area contributed by atoms with Crippen LogP contribution in [0.25, 0.3) is 11.4 Å². The van der Waals surface area contributed by atoms with Gasteiger partial charge in [0.15, 0.2) is 5.82 Å². The average molecular weight is 403 g/mol. The molecule has 0 fully saturated rings. The van der Waals surface area contributed by atoms with Gasteiger partial charge in [0.25, 0.3) is 0 Å². The lowest BCUT2D eigenvalue weighted by molar-refractivity contribution is 0.301. The number of nitrogens with zero attached hydrogens (tertiary/aromatic N) is 3. The summed E-state index contributed by atoms with van der Waals surface area (Å²) in [6.45, 7) is 2.62. The quantitative estimate of drug-likeness (QED) is 0.405. The SMILES string of the molecule is CCc1ccc(-c2nc(SCc3ccc(OCc4ccccn4)cc3)n[nH]2)cc1. The van der Waals surface area contributed by atoms with Gasteiger partial charge in [0.05, 0.1) is 5.69 Å². The molecule has 0 aliphatic rings. The van der Waals surface area contributed by atoms with E-state index in [1.54, 1.807) is 18.0 Å². The summed E-state index contributed by atoms with van der Waals surface area (Å²) in [6.07, 6.45) is 2.80. The van der Waals surface area contributed by atoms with Crippen LogP contribution >= 0.6 is 11.8 Å². The van der Waals surface area contributed by atoms with Crippen molar-refractivity contribution in [1.29, 1.82) is 0 Å². The molecule has 0 aliphatic heterocycles. The van der Waals surface area contributed by atoms with E-state index in [1.807, 2.05) is 30.3 Å². The Kier molecular flexibility index (Phi) is 6.22. The van der Waals surface area contributed by atoms with E-state index in [1.165, 1.54) is 11.1 Å². The highest BCUT2D eigenvalue weighted by Crippen LogP contribution is 2.24. The van der Waals surface area contributed by atoms with Gasteiger partial charge in [0, 0.05) is 17.5 Å². The van der Waals surface area contributed by atoms with Gasteiger partial charge in [0.1, 0.15) is 12.4 Å². The molecule has 1 N–H and O–H groups in total. The maximum absolute atomic E-state index is 5.78. The third kappa shape index (κ3) is 5.23. The van der Waals surface area contributed by atoms with Crippen molar-refractivity contribution >= 4 is 11.8 Å². The number of H-pyrrole nitrogens is 1. The van der Waals surface area contributed by atoms with Gasteiger partial charge in [0.2, 0.25) is 5.16 Å². The largest absolute Gasteiger partial charge is 0.487 e. The van der Waals surface area contributed by atoms with Gasteiger partial charge in [-0.25, -0.2) is 4.98 Å². The maximum atomic E-state index is 5.78. The summed E-state index contributed by atoms with van der Waals surface area (Å²) in [4.78, 5) is 8.86. The Balaban J connectivity index is 1.30. The van der Waals surface area contributed by atoms with Crippen molar-refractivity contribution in [2.75, 3.05) is 0 Å². The molecule has 0 atom stereocenters. The van der Waals surface area contributed by atoms with Crippen molar-refractivity contribution in [2.45, 2.75) is 30.9 Å². The Morgan fingerprint density at radius 1 is 0.931 bits per heavy atom. The zero-order valence-electron chi connectivity index (χ0n) is 16.2. The molecular formula is C23H22N4OS. The standard InChI is InChI=1S/C23H22N4OS/c1-2-17-6-10-19(11-7-17)22-25-23(27-26-22)29-16-18-8-12-21(13-9-18)28-15-20-5-3-4-14-24-20/h3-14H,2,15-16H2,1H3,(H,25,26,27). The molecule has 0 aliphatic carbocycles. The number of nitrogens with one attached hydrogen (secondary N) is 1. The molecule has 0 saturated carbocycles. The van der Waals surface area contributed by atoms with E-state index in [4.69, 9.17) is 4.74 Å². The van der Waals surface area contributed by atoms with Crippen LogP contribution in [0.2, 0.25) is 0 Å². The first-order chi connectivity index (χ1) is 14.3. The van der Waals surface area contributed by atoms with Crippen LogP contribution in [0, 0.1) is 0 Å². The second kappa shape index (κ2) is 9.39. The number of aromatic amines is 1. The third-order valence-corrected chi connectivity index (χ3v) is 5.42. The van der Waals surface area contributed by atoms with E-state index in [2.05, 4.69) is 63.5 Å². The average Bonchev–Trinajstić information content (AvgIpc) is 3.27. The molecule has 2 aromatic carbocycles. The molecule has 0 unspecified atom stereocenters. The van der Waals surface area contributed by atoms with Gasteiger partial charge in [-0.1, -0.05) is 61.2 Å². The first-order valence-corrected chi connectivity index (χ1v) is 10.5. The summed E-state index contributed by atoms with van der Waals surface area (Å²) >= 11 is 1.61. The van der Waals surface area contributed by atoms with Crippen molar-refractivity contribution in [1.82, 2.24) is 20.2 Å². The number of aryl methyl sites for hydroxylation is 1. The fraction of sp³-hybridized carbons (Fsp3) is 0.174. The Labute approximate surface area is 174 Å². The van der Waals surface area contributed by atoms with Crippen LogP contribution < -0.4 is 4.74 Å². The minimum atomic E-state index is 0.466. The summed E-state index contributed by atoms with van der Waals surface area (Å²) in [7, 11) is 0. The fourth-order valence-corrected chi connectivity index (χ4v) is 3.56. The molecule has 0 spiro atoms. The zero-order chi connectivity index (χ0) is 19.9. The normalized spacial score (nSPS) is 10.8. The molecule has 146 valence electrons. The van der Waals surface area contributed by atoms with Gasteiger partial charge < -0.3 is 4.74 Å². The second-order valence-electron chi connectivity index (χ2n) is 6.56. The summed E-state index contributed by atoms with van der Waals surface area (Å²) in [6, 6.07) is 22.3. The van der Waals surface area contributed by atoms with Crippen LogP contribution in [-0.4, -0.2) is 20.2 Å². The van der Waals surface area contributed by atoms with Crippen LogP contribution in [0.3, 0.4) is 0 Å². The number of aromatic nitrogens is 4. The summed E-state index contributed by atoms with van der Waals surface area (Å²) in [5.74, 6) is 2.43. The van der Waals surface area contributed by atoms with Gasteiger partial charge in [-0.15, -0.1) is 5.10 Å². The Bertz CT molecular complexity index is 1030. The van der Waals surface area contributed by atoms with Crippen LogP contribution in [0.4, 0.5) is 0 Å². The van der Waals surface area contributed by atoms with Crippen molar-refractivity contribution in [3.8, 4) is 17.1 Å². The number of pyridine rings is 1. The summed E-state index contributed by atoms with van der Waals surface area (Å²) in [5.41, 5.74) is 4.47. The Morgan fingerprint density at radius 3 is 2.45 bits per heavy atom. The lowest BCUT2D eigenvalue weighted by Crippen LogP contribution is -1.97. The van der Waals surface area contributed by atoms with Crippen molar-refractivity contribution < 1.29 is 4.74 Å². The van der Waals surface area contributed by atoms with Gasteiger partial charge >= 0.3 is 0 Å². The van der Waals surface area contributed by atoms with Crippen LogP contribution in [0.1, 0.15) is 23.7 Å². The molecule has 5 nitrogen and oxygen atoms in total. The van der Waals surface area contributed by atoms with E-state index < -0.39 is 0 Å². The number of benzene rings is 2. The van der Waals surface area contributed by atoms with Crippen LogP contribution in [0.5, 0.6) is 5.75 Å². The first-order valence-electron chi connectivity index (χ1n) is 9.56. The molecule has 0 saturated heterocycles. The van der Waals surface area contributed by atoms with Gasteiger partial charge in [-0.05, 0) is 41.8 Å². The van der Waals surface area contributed by atoms with Crippen LogP contribution in [-0.2, 0) is 18.8 Å². The fourth-order valence-electron chi connectivity index (χ4n) is 2.81. The topological polar surface area (TPSA) is 63.7 Å². The van der Waals surface area contributed by atoms with Gasteiger partial charge in [-0.2, -0.15) is 0 Å². The first kappa shape index (κ1) is 19.2. The second-order valence-corrected chi connectivity index (χ2v) is 7.50. The zero-order valence-corrected chi connectivity index (χ0v) is 17.0. The summed E-state index contributed by atoms with van der Waals surface area (Å²) in [5, 5.41) is 8.10. The van der Waals surface area contributed by atoms with Crippen molar-refractivity contribution in [3.05, 3.63) is 89.7 Å². The molecule has 0 radical (unpaired) electrons. The van der Waals surface area contributed by atoms with Crippen molar-refractivity contribution in [2.24, 2.45) is 0 Å². The lowest BCUT2D eigenvalue weighted by Gasteiger charge is -2.06. The van der Waals surface area contributed by atoms with Crippen molar-refractivity contribution in [3.63, 3.8) is 0 Å². The number of thioether (sulfide) groups is 1. The Hall–Kier alpha value is -3.12. The predicted molar refractivity (Wildman–Crippen MR) is 116 cm³/mol. The molecule has 6 heteroatoms. The maximum Gasteiger partial charge on any atom is 0.209 e. The summed E-state index contributed by atoms with van der Waals surface area (Å²) < 4.78 is 5.78. The number of hydrogen-bond donors (Lipinski definition) is 1. The smallest absolute Gasteiger partial charge is 0.209 e. The highest BCUT2D eigenvalue weighted by molar-refractivity contribution is 7.98. The highest BCUT2D eigenvalue weighted by atomic mass is 32.2. The lowest BCUT2D eigenvalue weighted by atomic mass is 10.1. The van der Waals surface area contributed by atoms with E-state index >= 15 is 0 Å². The molecule has 29 heavy (non-hydrogen) atoms. The minimum absolute atomic E-state index is 0.466. The monoisotopic (exact) mass is 402 g/mol. The molecule has 0 amide bonds. The highest BCUT2D eigenvalue weighted by Gasteiger charge is 2.07. The molecule has 4 rings (SSSR count). The molecule has 4 aromatic rings. The van der Waals surface area contributed by atoms with E-state index in [-0.39, 0.29) is 0 Å². The minimum Gasteiger partial charge on any atom is -0.487 e. The number of rotatable bonds is 8. The van der Waals surface area contributed by atoms with E-state index in [9.17, 15) is 0 Å². The molecular weight excluding hydrogens is 380 g/mol. The number of ether oxygens (including phenoxy) is 1. The van der Waals surface area contributed by atoms with Crippen LogP contribution in [0.15, 0.2) is 78.1 Å². The molecule has 0 bridgehead atoms. The van der Waals surface area contributed by atoms with E-state index in [0.29, 0.717) is 6.61 Å².